The summed E-state index contributed by atoms with van der Waals surface area (Å²) in [5.74, 6) is 3.90. The Kier molecular flexibility index (Phi) is 8.69. The summed E-state index contributed by atoms with van der Waals surface area (Å²) in [6.07, 6.45) is 17.1. The molecule has 9 atom stereocenters. The highest BCUT2D eigenvalue weighted by atomic mass is 32.2. The van der Waals surface area contributed by atoms with Gasteiger partial charge in [0.2, 0.25) is 0 Å². The van der Waals surface area contributed by atoms with Gasteiger partial charge in [0.25, 0.3) is 0 Å². The topological polar surface area (TPSA) is 52.6 Å². The number of rotatable bonds is 7. The fourth-order valence-electron chi connectivity index (χ4n) is 13.6. The van der Waals surface area contributed by atoms with E-state index in [1.54, 1.807) is 12.1 Å². The standard InChI is InChI=1S/C42H62N2O2S/c1-28(2)31-16-21-42(43-24-26-44-25-8-9-27-47-44)23-22-40(6)33(36(31)42)14-15-35-39(5)19-17-32(29-10-12-30(13-11-29)37(45)46)38(3,4)34(39)18-20-41(35,40)7/h10-13,17,31,33-36,43H,1,8-9,14-16,18-27H2,2-7H3,(H,45,46). The largest absolute Gasteiger partial charge is 0.478 e. The molecule has 1 aliphatic heterocycles. The lowest BCUT2D eigenvalue weighted by molar-refractivity contribution is -0.219. The van der Waals surface area contributed by atoms with Crippen LogP contribution in [-0.4, -0.2) is 46.3 Å². The first-order chi connectivity index (χ1) is 22.3. The van der Waals surface area contributed by atoms with Gasteiger partial charge in [0, 0.05) is 30.9 Å². The molecule has 1 saturated heterocycles. The summed E-state index contributed by atoms with van der Waals surface area (Å²) in [5, 5.41) is 13.8. The molecule has 1 heterocycles. The van der Waals surface area contributed by atoms with Gasteiger partial charge in [0.1, 0.15) is 0 Å². The number of carboxylic acid groups (broad SMARTS) is 1. The smallest absolute Gasteiger partial charge is 0.335 e. The molecule has 0 amide bonds. The predicted molar refractivity (Wildman–Crippen MR) is 197 cm³/mol. The quantitative estimate of drug-likeness (QED) is 0.226. The van der Waals surface area contributed by atoms with Crippen LogP contribution in [0.3, 0.4) is 0 Å². The first-order valence-corrected chi connectivity index (χ1v) is 20.0. The van der Waals surface area contributed by atoms with E-state index in [-0.39, 0.29) is 16.4 Å². The molecule has 2 N–H and O–H groups in total. The van der Waals surface area contributed by atoms with Gasteiger partial charge in [-0.1, -0.05) is 76.9 Å². The van der Waals surface area contributed by atoms with E-state index < -0.39 is 5.97 Å². The maximum absolute atomic E-state index is 11.5. The van der Waals surface area contributed by atoms with Crippen LogP contribution >= 0.6 is 11.9 Å². The van der Waals surface area contributed by atoms with Gasteiger partial charge in [-0.3, -0.25) is 0 Å². The number of nitrogens with zero attached hydrogens (tertiary/aromatic N) is 1. The Bertz CT molecular complexity index is 1410. The van der Waals surface area contributed by atoms with Gasteiger partial charge in [-0.05, 0) is 152 Å². The maximum Gasteiger partial charge on any atom is 0.335 e. The highest BCUT2D eigenvalue weighted by molar-refractivity contribution is 7.97. The van der Waals surface area contributed by atoms with Crippen LogP contribution in [0.15, 0.2) is 42.5 Å². The van der Waals surface area contributed by atoms with Crippen molar-refractivity contribution >= 4 is 23.5 Å². The number of aromatic carboxylic acids is 1. The lowest BCUT2D eigenvalue weighted by Crippen LogP contribution is -2.68. The monoisotopic (exact) mass is 658 g/mol. The van der Waals surface area contributed by atoms with Gasteiger partial charge < -0.3 is 10.4 Å². The van der Waals surface area contributed by atoms with Gasteiger partial charge in [0.05, 0.1) is 5.56 Å². The van der Waals surface area contributed by atoms with Crippen molar-refractivity contribution in [2.45, 2.75) is 118 Å². The van der Waals surface area contributed by atoms with Gasteiger partial charge in [-0.2, -0.15) is 0 Å². The number of hydrogen-bond acceptors (Lipinski definition) is 4. The van der Waals surface area contributed by atoms with E-state index in [4.69, 9.17) is 0 Å². The molecular formula is C42H62N2O2S. The molecule has 0 bridgehead atoms. The van der Waals surface area contributed by atoms with E-state index in [9.17, 15) is 9.90 Å². The molecule has 6 aliphatic rings. The molecule has 7 rings (SSSR count). The molecule has 9 unspecified atom stereocenters. The average molecular weight is 659 g/mol. The van der Waals surface area contributed by atoms with Crippen molar-refractivity contribution in [2.24, 2.45) is 51.2 Å². The van der Waals surface area contributed by atoms with E-state index in [0.29, 0.717) is 34.1 Å². The zero-order valence-electron chi connectivity index (χ0n) is 30.3. The van der Waals surface area contributed by atoms with Crippen LogP contribution in [0.1, 0.15) is 128 Å². The van der Waals surface area contributed by atoms with E-state index in [2.05, 4.69) is 75.8 Å². The molecule has 0 spiro atoms. The second kappa shape index (κ2) is 12.0. The molecule has 4 saturated carbocycles. The van der Waals surface area contributed by atoms with Crippen molar-refractivity contribution < 1.29 is 9.90 Å². The summed E-state index contributed by atoms with van der Waals surface area (Å²) in [6, 6.07) is 7.67. The highest BCUT2D eigenvalue weighted by Gasteiger charge is 2.70. The Morgan fingerprint density at radius 3 is 2.40 bits per heavy atom. The zero-order valence-corrected chi connectivity index (χ0v) is 31.1. The van der Waals surface area contributed by atoms with Crippen LogP contribution in [0.5, 0.6) is 0 Å². The Morgan fingerprint density at radius 2 is 1.72 bits per heavy atom. The van der Waals surface area contributed by atoms with Gasteiger partial charge in [-0.25, -0.2) is 9.10 Å². The fraction of sp³-hybridized carbons (Fsp3) is 0.738. The summed E-state index contributed by atoms with van der Waals surface area (Å²) in [5.41, 5.74) is 5.71. The molecule has 1 aromatic rings. The number of carbonyl (C=O) groups is 1. The Balaban J connectivity index is 1.17. The van der Waals surface area contributed by atoms with Crippen molar-refractivity contribution in [1.82, 2.24) is 9.62 Å². The van der Waals surface area contributed by atoms with E-state index in [0.717, 1.165) is 24.8 Å². The summed E-state index contributed by atoms with van der Waals surface area (Å²) in [4.78, 5) is 11.5. The lowest BCUT2D eigenvalue weighted by Gasteiger charge is -2.72. The number of fused-ring (bicyclic) bond motifs is 7. The normalized spacial score (nSPS) is 42.8. The Morgan fingerprint density at radius 1 is 0.957 bits per heavy atom. The molecular weight excluding hydrogens is 597 g/mol. The molecule has 5 fully saturated rings. The minimum atomic E-state index is -0.851. The van der Waals surface area contributed by atoms with Crippen molar-refractivity contribution in [3.8, 4) is 0 Å². The second-order valence-electron chi connectivity index (χ2n) is 18.2. The number of carboxylic acids is 1. The Hall–Kier alpha value is -1.56. The molecule has 0 radical (unpaired) electrons. The van der Waals surface area contributed by atoms with Crippen LogP contribution < -0.4 is 5.32 Å². The summed E-state index contributed by atoms with van der Waals surface area (Å²) in [7, 11) is 0. The lowest BCUT2D eigenvalue weighted by atomic mass is 9.33. The summed E-state index contributed by atoms with van der Waals surface area (Å²) >= 11 is 2.07. The number of allylic oxidation sites excluding steroid dienone is 3. The molecule has 1 aromatic carbocycles. The van der Waals surface area contributed by atoms with Gasteiger partial charge in [0.15, 0.2) is 0 Å². The average Bonchev–Trinajstić information content (AvgIpc) is 3.42. The summed E-state index contributed by atoms with van der Waals surface area (Å²) < 4.78 is 2.63. The van der Waals surface area contributed by atoms with Crippen LogP contribution in [0.2, 0.25) is 0 Å². The number of hydrogen-bond donors (Lipinski definition) is 2. The minimum Gasteiger partial charge on any atom is -0.478 e. The van der Waals surface area contributed by atoms with Gasteiger partial charge in [-0.15, -0.1) is 0 Å². The molecule has 258 valence electrons. The van der Waals surface area contributed by atoms with E-state index in [1.165, 1.54) is 99.8 Å². The first-order valence-electron chi connectivity index (χ1n) is 19.1. The highest BCUT2D eigenvalue weighted by Crippen LogP contribution is 2.76. The second-order valence-corrected chi connectivity index (χ2v) is 19.3. The maximum atomic E-state index is 11.5. The minimum absolute atomic E-state index is 0.0472. The third-order valence-electron chi connectivity index (χ3n) is 16.0. The number of benzene rings is 1. The van der Waals surface area contributed by atoms with Gasteiger partial charge >= 0.3 is 5.97 Å². The van der Waals surface area contributed by atoms with Crippen LogP contribution in [0.4, 0.5) is 0 Å². The molecule has 5 heteroatoms. The predicted octanol–water partition coefficient (Wildman–Crippen LogP) is 10.1. The summed E-state index contributed by atoms with van der Waals surface area (Å²) in [6.45, 7) is 23.7. The van der Waals surface area contributed by atoms with E-state index >= 15 is 0 Å². The van der Waals surface area contributed by atoms with E-state index in [1.807, 2.05) is 12.1 Å². The van der Waals surface area contributed by atoms with Crippen molar-refractivity contribution in [3.05, 3.63) is 53.6 Å². The molecule has 0 aromatic heterocycles. The van der Waals surface area contributed by atoms with Crippen LogP contribution in [0.25, 0.3) is 5.57 Å². The van der Waals surface area contributed by atoms with Crippen molar-refractivity contribution in [3.63, 3.8) is 0 Å². The van der Waals surface area contributed by atoms with Crippen molar-refractivity contribution in [2.75, 3.05) is 25.4 Å². The SMILES string of the molecule is C=C(C)C1CCC2(NCCN3CCCCS3)CCC3(C)C(CCC4C5(C)CC=C(c6ccc(C(=O)O)cc6)C(C)(C)C5CCC43C)C12. The zero-order chi connectivity index (χ0) is 33.4. The molecule has 5 aliphatic carbocycles. The third kappa shape index (κ3) is 5.17. The third-order valence-corrected chi connectivity index (χ3v) is 17.2. The first kappa shape index (κ1) is 33.9. The van der Waals surface area contributed by atoms with Crippen molar-refractivity contribution in [1.29, 1.82) is 0 Å². The fourth-order valence-corrected chi connectivity index (χ4v) is 14.7. The Labute approximate surface area is 290 Å². The molecule has 4 nitrogen and oxygen atoms in total. The number of nitrogens with one attached hydrogen (secondary N) is 1. The van der Waals surface area contributed by atoms with Crippen LogP contribution in [0, 0.1) is 51.2 Å². The molecule has 47 heavy (non-hydrogen) atoms. The van der Waals surface area contributed by atoms with Crippen LogP contribution in [-0.2, 0) is 0 Å².